The summed E-state index contributed by atoms with van der Waals surface area (Å²) in [6.45, 7) is 2.70. The minimum atomic E-state index is 0. The molecule has 1 aliphatic heterocycles. The van der Waals surface area contributed by atoms with Gasteiger partial charge in [0.1, 0.15) is 0 Å². The first-order valence-electron chi connectivity index (χ1n) is 8.07. The Labute approximate surface area is 168 Å². The lowest BCUT2D eigenvalue weighted by Crippen LogP contribution is -2.40. The van der Waals surface area contributed by atoms with Crippen molar-refractivity contribution >= 4 is 52.9 Å². The summed E-state index contributed by atoms with van der Waals surface area (Å²) in [5, 5.41) is 4.43. The van der Waals surface area contributed by atoms with E-state index in [1.165, 1.54) is 11.3 Å². The van der Waals surface area contributed by atoms with Crippen LogP contribution < -0.4 is 5.32 Å². The molecule has 1 aliphatic rings. The third kappa shape index (κ3) is 5.11. The van der Waals surface area contributed by atoms with Crippen molar-refractivity contribution in [3.63, 3.8) is 0 Å². The first-order valence-corrected chi connectivity index (χ1v) is 9.64. The van der Waals surface area contributed by atoms with E-state index in [2.05, 4.69) is 5.32 Å². The van der Waals surface area contributed by atoms with Crippen LogP contribution in [0, 0.1) is 5.92 Å². The quantitative estimate of drug-likeness (QED) is 0.737. The molecule has 0 unspecified atom stereocenters. The predicted octanol–water partition coefficient (Wildman–Crippen LogP) is 5.22. The highest BCUT2D eigenvalue weighted by Crippen LogP contribution is 2.33. The molecule has 2 aromatic rings. The Hall–Kier alpha value is -0.780. The summed E-state index contributed by atoms with van der Waals surface area (Å²) in [5.74, 6) is 0.800. The molecule has 0 aliphatic carbocycles. The molecule has 1 fully saturated rings. The zero-order valence-corrected chi connectivity index (χ0v) is 17.1. The Morgan fingerprint density at radius 2 is 1.84 bits per heavy atom. The number of piperidine rings is 1. The number of nitrogens with zero attached hydrogens (tertiary/aromatic N) is 1. The molecule has 1 saturated heterocycles. The molecule has 1 N–H and O–H groups in total. The van der Waals surface area contributed by atoms with E-state index in [1.54, 1.807) is 6.07 Å². The molecule has 0 radical (unpaired) electrons. The van der Waals surface area contributed by atoms with Gasteiger partial charge in [-0.15, -0.1) is 23.7 Å². The number of carbonyl (C=O) groups excluding carboxylic acids is 1. The fraction of sp³-hybridized carbons (Fsp3) is 0.389. The molecule has 0 spiro atoms. The third-order valence-electron chi connectivity index (χ3n) is 4.36. The fourth-order valence-corrected chi connectivity index (χ4v) is 4.58. The number of thiophene rings is 1. The van der Waals surface area contributed by atoms with Gasteiger partial charge in [-0.2, -0.15) is 0 Å². The number of hydrogen-bond acceptors (Lipinski definition) is 3. The van der Waals surface area contributed by atoms with Gasteiger partial charge in [0.15, 0.2) is 0 Å². The standard InChI is InChI=1S/C18H20Cl2N2OS.ClH/c1-21-11-12-4-6-22(7-5-12)18(23)17-3-2-16(24-17)13-8-14(19)10-15(20)9-13;/h2-3,8-10,12,21H,4-7,11H2,1H3;1H. The second-order valence-electron chi connectivity index (χ2n) is 6.12. The Morgan fingerprint density at radius 3 is 2.44 bits per heavy atom. The predicted molar refractivity (Wildman–Crippen MR) is 110 cm³/mol. The molecule has 1 aromatic carbocycles. The highest BCUT2D eigenvalue weighted by Gasteiger charge is 2.24. The van der Waals surface area contributed by atoms with Crippen LogP contribution in [0.15, 0.2) is 30.3 Å². The largest absolute Gasteiger partial charge is 0.338 e. The van der Waals surface area contributed by atoms with Crippen molar-refractivity contribution in [3.8, 4) is 10.4 Å². The second kappa shape index (κ2) is 9.24. The van der Waals surface area contributed by atoms with Gasteiger partial charge >= 0.3 is 0 Å². The van der Waals surface area contributed by atoms with Crippen molar-refractivity contribution < 1.29 is 4.79 Å². The van der Waals surface area contributed by atoms with Gasteiger partial charge in [0.2, 0.25) is 0 Å². The van der Waals surface area contributed by atoms with Crippen LogP contribution in [0.25, 0.3) is 10.4 Å². The van der Waals surface area contributed by atoms with Crippen LogP contribution in [0.5, 0.6) is 0 Å². The lowest BCUT2D eigenvalue weighted by Gasteiger charge is -2.31. The first-order chi connectivity index (χ1) is 11.6. The summed E-state index contributed by atoms with van der Waals surface area (Å²) >= 11 is 13.6. The highest BCUT2D eigenvalue weighted by molar-refractivity contribution is 7.17. The molecular weight excluding hydrogens is 399 g/mol. The normalized spacial score (nSPS) is 15.1. The van der Waals surface area contributed by atoms with Crippen LogP contribution in [0.2, 0.25) is 10.0 Å². The summed E-state index contributed by atoms with van der Waals surface area (Å²) in [6.07, 6.45) is 2.13. The van der Waals surface area contributed by atoms with Crippen LogP contribution in [-0.4, -0.2) is 37.5 Å². The van der Waals surface area contributed by atoms with Gasteiger partial charge in [-0.3, -0.25) is 4.79 Å². The number of carbonyl (C=O) groups is 1. The summed E-state index contributed by atoms with van der Waals surface area (Å²) in [5.41, 5.74) is 0.948. The van der Waals surface area contributed by atoms with E-state index in [-0.39, 0.29) is 18.3 Å². The number of hydrogen-bond donors (Lipinski definition) is 1. The van der Waals surface area contributed by atoms with Crippen LogP contribution in [-0.2, 0) is 0 Å². The van der Waals surface area contributed by atoms with Crippen LogP contribution in [0.3, 0.4) is 0 Å². The molecule has 3 nitrogen and oxygen atoms in total. The lowest BCUT2D eigenvalue weighted by atomic mass is 9.97. The van der Waals surface area contributed by atoms with E-state index in [4.69, 9.17) is 23.2 Å². The number of amides is 1. The van der Waals surface area contributed by atoms with Crippen molar-refractivity contribution in [1.82, 2.24) is 10.2 Å². The van der Waals surface area contributed by atoms with Gasteiger partial charge < -0.3 is 10.2 Å². The average molecular weight is 420 g/mol. The Balaban J connectivity index is 0.00000225. The Bertz CT molecular complexity index is 707. The van der Waals surface area contributed by atoms with Crippen LogP contribution >= 0.6 is 46.9 Å². The average Bonchev–Trinajstić information content (AvgIpc) is 3.04. The first kappa shape index (κ1) is 20.5. The lowest BCUT2D eigenvalue weighted by molar-refractivity contribution is 0.0696. The smallest absolute Gasteiger partial charge is 0.263 e. The van der Waals surface area contributed by atoms with Gasteiger partial charge in [0.05, 0.1) is 4.88 Å². The topological polar surface area (TPSA) is 32.3 Å². The molecule has 0 bridgehead atoms. The monoisotopic (exact) mass is 418 g/mol. The van der Waals surface area contributed by atoms with Crippen LogP contribution in [0.4, 0.5) is 0 Å². The highest BCUT2D eigenvalue weighted by atomic mass is 35.5. The number of halogens is 3. The van der Waals surface area contributed by atoms with Crippen LogP contribution in [0.1, 0.15) is 22.5 Å². The maximum absolute atomic E-state index is 12.7. The molecule has 0 saturated carbocycles. The molecule has 7 heteroatoms. The van der Waals surface area contributed by atoms with Crippen molar-refractivity contribution in [2.24, 2.45) is 5.92 Å². The summed E-state index contributed by atoms with van der Waals surface area (Å²) in [6, 6.07) is 9.32. The fourth-order valence-electron chi connectivity index (χ4n) is 3.09. The summed E-state index contributed by atoms with van der Waals surface area (Å²) < 4.78 is 0. The molecule has 1 amide bonds. The van der Waals surface area contributed by atoms with Crippen molar-refractivity contribution in [2.45, 2.75) is 12.8 Å². The molecule has 3 rings (SSSR count). The van der Waals surface area contributed by atoms with Crippen molar-refractivity contribution in [3.05, 3.63) is 45.3 Å². The zero-order chi connectivity index (χ0) is 17.1. The van der Waals surface area contributed by atoms with Crippen molar-refractivity contribution in [1.29, 1.82) is 0 Å². The van der Waals surface area contributed by atoms with Gasteiger partial charge in [0.25, 0.3) is 5.91 Å². The SMILES string of the molecule is CNCC1CCN(C(=O)c2ccc(-c3cc(Cl)cc(Cl)c3)s2)CC1.Cl. The molecule has 25 heavy (non-hydrogen) atoms. The Kier molecular flexibility index (Phi) is 7.59. The molecule has 2 heterocycles. The van der Waals surface area contributed by atoms with E-state index in [1.807, 2.05) is 36.2 Å². The summed E-state index contributed by atoms with van der Waals surface area (Å²) in [7, 11) is 1.98. The van der Waals surface area contributed by atoms with Gasteiger partial charge in [-0.05, 0) is 68.2 Å². The van der Waals surface area contributed by atoms with E-state index in [0.29, 0.717) is 16.0 Å². The maximum atomic E-state index is 12.7. The maximum Gasteiger partial charge on any atom is 0.263 e. The van der Waals surface area contributed by atoms with Gasteiger partial charge in [-0.1, -0.05) is 23.2 Å². The van der Waals surface area contributed by atoms with Gasteiger partial charge in [0, 0.05) is 28.0 Å². The van der Waals surface area contributed by atoms with Gasteiger partial charge in [-0.25, -0.2) is 0 Å². The zero-order valence-electron chi connectivity index (χ0n) is 13.9. The van der Waals surface area contributed by atoms with E-state index >= 15 is 0 Å². The minimum Gasteiger partial charge on any atom is -0.338 e. The summed E-state index contributed by atoms with van der Waals surface area (Å²) in [4.78, 5) is 16.5. The minimum absolute atomic E-state index is 0. The van der Waals surface area contributed by atoms with E-state index < -0.39 is 0 Å². The second-order valence-corrected chi connectivity index (χ2v) is 8.07. The molecule has 1 aromatic heterocycles. The number of benzene rings is 1. The van der Waals surface area contributed by atoms with E-state index in [9.17, 15) is 4.79 Å². The molecular formula is C18H21Cl3N2OS. The number of rotatable bonds is 4. The number of likely N-dealkylation sites (tertiary alicyclic amines) is 1. The third-order valence-corrected chi connectivity index (χ3v) is 5.92. The molecule has 0 atom stereocenters. The Morgan fingerprint density at radius 1 is 1.20 bits per heavy atom. The molecule has 136 valence electrons. The van der Waals surface area contributed by atoms with E-state index in [0.717, 1.165) is 47.8 Å². The van der Waals surface area contributed by atoms with Crippen molar-refractivity contribution in [2.75, 3.05) is 26.7 Å². The number of nitrogens with one attached hydrogen (secondary N) is 1.